The minimum Gasteiger partial charge on any atom is -0.329 e. The topological polar surface area (TPSA) is 21.5 Å². The van der Waals surface area contributed by atoms with E-state index in [1.165, 1.54) is 45.2 Å². The van der Waals surface area contributed by atoms with Gasteiger partial charge in [-0.05, 0) is 44.4 Å². The van der Waals surface area contributed by atoms with Gasteiger partial charge in [-0.1, -0.05) is 35.9 Å². The molecule has 3 heteroatoms. The van der Waals surface area contributed by atoms with Gasteiger partial charge in [0.25, 0.3) is 0 Å². The number of hydrogen-bond donors (Lipinski definition) is 1. The van der Waals surface area contributed by atoms with Crippen LogP contribution < -0.4 is 4.90 Å². The summed E-state index contributed by atoms with van der Waals surface area (Å²) in [7, 11) is 0. The lowest BCUT2D eigenvalue weighted by Gasteiger charge is -2.30. The number of carbonyl (C=O) groups is 1. The van der Waals surface area contributed by atoms with E-state index >= 15 is 0 Å². The van der Waals surface area contributed by atoms with Crippen molar-refractivity contribution in [3.05, 3.63) is 0 Å². The fourth-order valence-corrected chi connectivity index (χ4v) is 4.16. The molecule has 1 aliphatic heterocycles. The van der Waals surface area contributed by atoms with Crippen molar-refractivity contribution in [3.63, 3.8) is 0 Å². The normalized spacial score (nSPS) is 37.4. The number of carbonyl (C=O) groups excluding carboxylic acids is 1. The molecule has 0 unspecified atom stereocenters. The van der Waals surface area contributed by atoms with Crippen molar-refractivity contribution in [2.24, 2.45) is 11.8 Å². The Bertz CT molecular complexity index is 266. The Morgan fingerprint density at radius 3 is 2.28 bits per heavy atom. The van der Waals surface area contributed by atoms with Gasteiger partial charge in [0.15, 0.2) is 5.78 Å². The molecule has 0 aromatic heterocycles. The Morgan fingerprint density at radius 1 is 1.11 bits per heavy atom. The molecule has 1 saturated heterocycles. The van der Waals surface area contributed by atoms with Crippen LogP contribution in [0.4, 0.5) is 0 Å². The molecule has 2 rings (SSSR count). The fraction of sp³-hybridized carbons (Fsp3) is 0.933. The molecular formula is C15H27INO+. The highest BCUT2D eigenvalue weighted by Crippen LogP contribution is 2.29. The summed E-state index contributed by atoms with van der Waals surface area (Å²) >= 11 is 2.54. The summed E-state index contributed by atoms with van der Waals surface area (Å²) in [6.07, 6.45) is 8.79. The zero-order chi connectivity index (χ0) is 13.0. The summed E-state index contributed by atoms with van der Waals surface area (Å²) in [6, 6.07) is 0. The number of nitrogens with one attached hydrogen (secondary N) is 1. The third-order valence-corrected chi connectivity index (χ3v) is 6.17. The van der Waals surface area contributed by atoms with Gasteiger partial charge in [-0.3, -0.25) is 4.79 Å². The third kappa shape index (κ3) is 4.19. The van der Waals surface area contributed by atoms with Gasteiger partial charge >= 0.3 is 0 Å². The molecule has 0 bridgehead atoms. The molecule has 0 spiro atoms. The first kappa shape index (κ1) is 14.8. The largest absolute Gasteiger partial charge is 0.329 e. The number of piperidine rings is 1. The SMILES string of the molecule is CCC1CC[NH+](CC(=O)C2CCC(I)CC2)CC1. The molecule has 1 heterocycles. The van der Waals surface area contributed by atoms with Crippen LogP contribution in [0.25, 0.3) is 0 Å². The van der Waals surface area contributed by atoms with Crippen LogP contribution in [0, 0.1) is 11.8 Å². The van der Waals surface area contributed by atoms with Crippen molar-refractivity contribution in [2.45, 2.75) is 55.8 Å². The van der Waals surface area contributed by atoms with Crippen LogP contribution in [0.3, 0.4) is 0 Å². The molecule has 2 aliphatic rings. The Hall–Kier alpha value is 0.360. The second kappa shape index (κ2) is 7.22. The Kier molecular flexibility index (Phi) is 5.93. The maximum absolute atomic E-state index is 12.3. The smallest absolute Gasteiger partial charge is 0.189 e. The molecule has 1 aliphatic carbocycles. The molecule has 2 fully saturated rings. The van der Waals surface area contributed by atoms with Gasteiger partial charge in [0.05, 0.1) is 13.1 Å². The predicted octanol–water partition coefficient (Wildman–Crippen LogP) is 2.25. The van der Waals surface area contributed by atoms with Crippen molar-refractivity contribution in [1.82, 2.24) is 0 Å². The van der Waals surface area contributed by atoms with Gasteiger partial charge in [-0.2, -0.15) is 0 Å². The predicted molar refractivity (Wildman–Crippen MR) is 83.4 cm³/mol. The zero-order valence-corrected chi connectivity index (χ0v) is 13.7. The molecule has 1 saturated carbocycles. The molecule has 1 N–H and O–H groups in total. The van der Waals surface area contributed by atoms with Gasteiger partial charge < -0.3 is 4.90 Å². The zero-order valence-electron chi connectivity index (χ0n) is 11.6. The van der Waals surface area contributed by atoms with Crippen molar-refractivity contribution in [1.29, 1.82) is 0 Å². The molecule has 18 heavy (non-hydrogen) atoms. The highest BCUT2D eigenvalue weighted by Gasteiger charge is 2.29. The lowest BCUT2D eigenvalue weighted by atomic mass is 9.85. The number of Topliss-reactive ketones (excluding diaryl/α,β-unsaturated/α-hetero) is 1. The number of hydrogen-bond acceptors (Lipinski definition) is 1. The molecule has 0 aromatic carbocycles. The molecule has 0 radical (unpaired) electrons. The maximum Gasteiger partial charge on any atom is 0.189 e. The Balaban J connectivity index is 1.71. The second-order valence-corrected chi connectivity index (χ2v) is 7.96. The minimum atomic E-state index is 0.396. The Labute approximate surface area is 125 Å². The lowest BCUT2D eigenvalue weighted by molar-refractivity contribution is -0.898. The number of quaternary nitrogens is 1. The van der Waals surface area contributed by atoms with Crippen LogP contribution in [0.5, 0.6) is 0 Å². The third-order valence-electron chi connectivity index (χ3n) is 4.93. The molecule has 0 atom stereocenters. The molecule has 0 amide bonds. The monoisotopic (exact) mass is 364 g/mol. The van der Waals surface area contributed by atoms with E-state index in [0.717, 1.165) is 29.2 Å². The van der Waals surface area contributed by atoms with Crippen LogP contribution in [0.1, 0.15) is 51.9 Å². The number of ketones is 1. The summed E-state index contributed by atoms with van der Waals surface area (Å²) in [4.78, 5) is 13.9. The van der Waals surface area contributed by atoms with Crippen LogP contribution in [0.15, 0.2) is 0 Å². The van der Waals surface area contributed by atoms with Gasteiger partial charge in [-0.25, -0.2) is 0 Å². The summed E-state index contributed by atoms with van der Waals surface area (Å²) in [6.45, 7) is 5.56. The fourth-order valence-electron chi connectivity index (χ4n) is 3.44. The van der Waals surface area contributed by atoms with E-state index in [-0.39, 0.29) is 0 Å². The average Bonchev–Trinajstić information content (AvgIpc) is 2.40. The standard InChI is InChI=1S/C15H26INO/c1-2-12-7-9-17(10-8-12)11-15(18)13-3-5-14(16)6-4-13/h12-14H,2-11H2,1H3/p+1. The minimum absolute atomic E-state index is 0.396. The first-order chi connectivity index (χ1) is 8.69. The van der Waals surface area contributed by atoms with Crippen molar-refractivity contribution in [3.8, 4) is 0 Å². The molecule has 2 nitrogen and oxygen atoms in total. The number of alkyl halides is 1. The van der Waals surface area contributed by atoms with Crippen LogP contribution >= 0.6 is 22.6 Å². The van der Waals surface area contributed by atoms with Gasteiger partial charge in [0.1, 0.15) is 6.54 Å². The number of likely N-dealkylation sites (tertiary alicyclic amines) is 1. The Morgan fingerprint density at radius 2 is 1.72 bits per heavy atom. The van der Waals surface area contributed by atoms with Crippen LogP contribution in [-0.2, 0) is 4.79 Å². The van der Waals surface area contributed by atoms with E-state index in [1.54, 1.807) is 4.90 Å². The summed E-state index contributed by atoms with van der Waals surface area (Å²) in [5.41, 5.74) is 0. The molecule has 0 aromatic rings. The first-order valence-electron chi connectivity index (χ1n) is 7.69. The lowest BCUT2D eigenvalue weighted by Crippen LogP contribution is -3.14. The summed E-state index contributed by atoms with van der Waals surface area (Å²) in [5, 5.41) is 0. The van der Waals surface area contributed by atoms with Crippen molar-refractivity contribution >= 4 is 28.4 Å². The van der Waals surface area contributed by atoms with Crippen LogP contribution in [-0.4, -0.2) is 29.3 Å². The molecular weight excluding hydrogens is 337 g/mol. The quantitative estimate of drug-likeness (QED) is 0.600. The maximum atomic E-state index is 12.3. The van der Waals surface area contributed by atoms with E-state index in [4.69, 9.17) is 0 Å². The number of rotatable bonds is 4. The van der Waals surface area contributed by atoms with Gasteiger partial charge in [-0.15, -0.1) is 0 Å². The van der Waals surface area contributed by atoms with Crippen LogP contribution in [0.2, 0.25) is 0 Å². The van der Waals surface area contributed by atoms with Gasteiger partial charge in [0, 0.05) is 9.84 Å². The highest BCUT2D eigenvalue weighted by atomic mass is 127. The van der Waals surface area contributed by atoms with Gasteiger partial charge in [0.2, 0.25) is 0 Å². The first-order valence-corrected chi connectivity index (χ1v) is 8.94. The highest BCUT2D eigenvalue weighted by molar-refractivity contribution is 14.1. The summed E-state index contributed by atoms with van der Waals surface area (Å²) in [5.74, 6) is 1.88. The van der Waals surface area contributed by atoms with E-state index < -0.39 is 0 Å². The van der Waals surface area contributed by atoms with Crippen molar-refractivity contribution < 1.29 is 9.69 Å². The second-order valence-electron chi connectivity index (χ2n) is 6.19. The molecule has 104 valence electrons. The summed E-state index contributed by atoms with van der Waals surface area (Å²) < 4.78 is 0.819. The average molecular weight is 364 g/mol. The van der Waals surface area contributed by atoms with E-state index in [2.05, 4.69) is 29.5 Å². The van der Waals surface area contributed by atoms with E-state index in [0.29, 0.717) is 11.7 Å². The van der Waals surface area contributed by atoms with E-state index in [1.807, 2.05) is 0 Å². The number of halogens is 1. The van der Waals surface area contributed by atoms with Crippen molar-refractivity contribution in [2.75, 3.05) is 19.6 Å². The van der Waals surface area contributed by atoms with E-state index in [9.17, 15) is 4.79 Å².